The normalized spacial score (nSPS) is 10.9. The predicted octanol–water partition coefficient (Wildman–Crippen LogP) is 2.82. The van der Waals surface area contributed by atoms with Crippen LogP contribution in [0.2, 0.25) is 0 Å². The molecular weight excluding hydrogens is 240 g/mol. The Morgan fingerprint density at radius 1 is 1.18 bits per heavy atom. The summed E-state index contributed by atoms with van der Waals surface area (Å²) in [6, 6.07) is 2.42. The van der Waals surface area contributed by atoms with Gasteiger partial charge in [0.15, 0.2) is 5.78 Å². The largest absolute Gasteiger partial charge is 0.375 e. The van der Waals surface area contributed by atoms with Crippen molar-refractivity contribution >= 4 is 5.78 Å². The molecule has 94 valence electrons. The van der Waals surface area contributed by atoms with Crippen molar-refractivity contribution in [3.63, 3.8) is 0 Å². The maximum absolute atomic E-state index is 12.8. The van der Waals surface area contributed by atoms with Crippen LogP contribution in [0.3, 0.4) is 0 Å². The Morgan fingerprint density at radius 3 is 2.29 bits per heavy atom. The summed E-state index contributed by atoms with van der Waals surface area (Å²) in [5.41, 5.74) is -0.136. The Bertz CT molecular complexity index is 373. The Morgan fingerprint density at radius 2 is 1.76 bits per heavy atom. The van der Waals surface area contributed by atoms with Gasteiger partial charge in [0.1, 0.15) is 18.2 Å². The molecule has 0 saturated heterocycles. The van der Waals surface area contributed by atoms with Crippen LogP contribution in [0.25, 0.3) is 0 Å². The molecule has 0 aliphatic carbocycles. The molecule has 1 aromatic carbocycles. The van der Waals surface area contributed by atoms with E-state index in [0.717, 1.165) is 12.1 Å². The molecule has 0 aromatic heterocycles. The predicted molar refractivity (Wildman–Crippen MR) is 52.1 cm³/mol. The molecule has 0 fully saturated rings. The van der Waals surface area contributed by atoms with E-state index in [9.17, 15) is 22.4 Å². The van der Waals surface area contributed by atoms with Gasteiger partial charge in [-0.05, 0) is 12.1 Å². The zero-order valence-corrected chi connectivity index (χ0v) is 8.76. The van der Waals surface area contributed by atoms with Gasteiger partial charge >= 0.3 is 0 Å². The fraction of sp³-hybridized carbons (Fsp3) is 0.364. The second-order valence-electron chi connectivity index (χ2n) is 3.30. The number of carbonyl (C=O) groups is 1. The molecule has 0 atom stereocenters. The lowest BCUT2D eigenvalue weighted by Gasteiger charge is -2.03. The first kappa shape index (κ1) is 13.6. The van der Waals surface area contributed by atoms with Gasteiger partial charge in [-0.25, -0.2) is 17.6 Å². The fourth-order valence-electron chi connectivity index (χ4n) is 1.20. The number of ether oxygens (including phenoxy) is 1. The van der Waals surface area contributed by atoms with Crippen LogP contribution in [0.15, 0.2) is 18.2 Å². The SMILES string of the molecule is O=C(CCOCC(F)F)c1cc(F)cc(F)c1. The van der Waals surface area contributed by atoms with Crippen LogP contribution in [-0.2, 0) is 4.74 Å². The number of halogens is 4. The van der Waals surface area contributed by atoms with E-state index >= 15 is 0 Å². The van der Waals surface area contributed by atoms with Crippen LogP contribution >= 0.6 is 0 Å². The molecule has 0 saturated carbocycles. The van der Waals surface area contributed by atoms with Gasteiger partial charge in [-0.2, -0.15) is 0 Å². The summed E-state index contributed by atoms with van der Waals surface area (Å²) in [4.78, 5) is 11.4. The van der Waals surface area contributed by atoms with Crippen molar-refractivity contribution in [2.75, 3.05) is 13.2 Å². The van der Waals surface area contributed by atoms with E-state index in [1.165, 1.54) is 0 Å². The molecule has 0 unspecified atom stereocenters. The highest BCUT2D eigenvalue weighted by Crippen LogP contribution is 2.10. The number of rotatable bonds is 6. The molecule has 1 rings (SSSR count). The van der Waals surface area contributed by atoms with Crippen molar-refractivity contribution < 1.29 is 27.1 Å². The average Bonchev–Trinajstić information content (AvgIpc) is 2.22. The molecule has 0 bridgehead atoms. The molecule has 0 amide bonds. The Labute approximate surface area is 95.2 Å². The summed E-state index contributed by atoms with van der Waals surface area (Å²) >= 11 is 0. The monoisotopic (exact) mass is 250 g/mol. The minimum absolute atomic E-state index is 0.136. The first-order valence-electron chi connectivity index (χ1n) is 4.84. The highest BCUT2D eigenvalue weighted by Gasteiger charge is 2.10. The van der Waals surface area contributed by atoms with Crippen molar-refractivity contribution in [3.8, 4) is 0 Å². The van der Waals surface area contributed by atoms with E-state index in [1.54, 1.807) is 0 Å². The molecule has 0 aliphatic heterocycles. The minimum Gasteiger partial charge on any atom is -0.375 e. The number of hydrogen-bond donors (Lipinski definition) is 0. The summed E-state index contributed by atoms with van der Waals surface area (Å²) in [6.07, 6.45) is -2.80. The van der Waals surface area contributed by atoms with Crippen LogP contribution in [0.5, 0.6) is 0 Å². The van der Waals surface area contributed by atoms with Crippen LogP contribution in [-0.4, -0.2) is 25.4 Å². The standard InChI is InChI=1S/C11H10F4O2/c12-8-3-7(4-9(13)5-8)10(16)1-2-17-6-11(14)15/h3-5,11H,1-2,6H2. The number of benzene rings is 1. The lowest BCUT2D eigenvalue weighted by atomic mass is 10.1. The third-order valence-electron chi connectivity index (χ3n) is 1.90. The minimum atomic E-state index is -2.60. The number of ketones is 1. The van der Waals surface area contributed by atoms with Gasteiger partial charge in [0.05, 0.1) is 6.61 Å². The van der Waals surface area contributed by atoms with E-state index in [2.05, 4.69) is 4.74 Å². The lowest BCUT2D eigenvalue weighted by Crippen LogP contribution is -2.09. The third-order valence-corrected chi connectivity index (χ3v) is 1.90. The quantitative estimate of drug-likeness (QED) is 0.441. The molecule has 1 aromatic rings. The first-order chi connectivity index (χ1) is 7.99. The Kier molecular flexibility index (Phi) is 5.09. The Hall–Kier alpha value is -1.43. The van der Waals surface area contributed by atoms with Crippen molar-refractivity contribution in [1.29, 1.82) is 0 Å². The van der Waals surface area contributed by atoms with Crippen molar-refractivity contribution in [3.05, 3.63) is 35.4 Å². The molecule has 0 heterocycles. The van der Waals surface area contributed by atoms with Crippen LogP contribution in [0.1, 0.15) is 16.8 Å². The zero-order valence-electron chi connectivity index (χ0n) is 8.76. The Balaban J connectivity index is 2.47. The number of Topliss-reactive ketones (excluding diaryl/α,β-unsaturated/α-hetero) is 1. The summed E-state index contributed by atoms with van der Waals surface area (Å²) in [5, 5.41) is 0. The number of alkyl halides is 2. The second-order valence-corrected chi connectivity index (χ2v) is 3.30. The van der Waals surface area contributed by atoms with E-state index in [-0.39, 0.29) is 18.6 Å². The summed E-state index contributed by atoms with van der Waals surface area (Å²) in [6.45, 7) is -0.966. The third kappa shape index (κ3) is 4.95. The van der Waals surface area contributed by atoms with Gasteiger partial charge in [0.2, 0.25) is 0 Å². The van der Waals surface area contributed by atoms with Gasteiger partial charge in [0, 0.05) is 18.1 Å². The molecule has 17 heavy (non-hydrogen) atoms. The first-order valence-corrected chi connectivity index (χ1v) is 4.84. The topological polar surface area (TPSA) is 26.3 Å². The van der Waals surface area contributed by atoms with Crippen molar-refractivity contribution in [1.82, 2.24) is 0 Å². The molecule has 0 N–H and O–H groups in total. The average molecular weight is 250 g/mol. The van der Waals surface area contributed by atoms with Gasteiger partial charge < -0.3 is 4.74 Å². The maximum atomic E-state index is 12.8. The highest BCUT2D eigenvalue weighted by molar-refractivity contribution is 5.96. The van der Waals surface area contributed by atoms with E-state index < -0.39 is 30.5 Å². The van der Waals surface area contributed by atoms with E-state index in [1.807, 2.05) is 0 Å². The van der Waals surface area contributed by atoms with E-state index in [4.69, 9.17) is 0 Å². The fourth-order valence-corrected chi connectivity index (χ4v) is 1.20. The van der Waals surface area contributed by atoms with Gasteiger partial charge in [-0.15, -0.1) is 0 Å². The van der Waals surface area contributed by atoms with Crippen molar-refractivity contribution in [2.24, 2.45) is 0 Å². The second kappa shape index (κ2) is 6.34. The zero-order chi connectivity index (χ0) is 12.8. The van der Waals surface area contributed by atoms with Gasteiger partial charge in [-0.3, -0.25) is 4.79 Å². The lowest BCUT2D eigenvalue weighted by molar-refractivity contribution is 0.0170. The summed E-state index contributed by atoms with van der Waals surface area (Å²) in [5.74, 6) is -2.28. The molecule has 0 spiro atoms. The number of hydrogen-bond acceptors (Lipinski definition) is 2. The highest BCUT2D eigenvalue weighted by atomic mass is 19.3. The molecule has 6 heteroatoms. The molecule has 0 aliphatic rings. The number of carbonyl (C=O) groups excluding carboxylic acids is 1. The van der Waals surface area contributed by atoms with Gasteiger partial charge in [-0.1, -0.05) is 0 Å². The van der Waals surface area contributed by atoms with Crippen molar-refractivity contribution in [2.45, 2.75) is 12.8 Å². The summed E-state index contributed by atoms with van der Waals surface area (Å²) in [7, 11) is 0. The van der Waals surface area contributed by atoms with Gasteiger partial charge in [0.25, 0.3) is 6.43 Å². The summed E-state index contributed by atoms with van der Waals surface area (Å²) < 4.78 is 53.4. The maximum Gasteiger partial charge on any atom is 0.261 e. The molecule has 2 nitrogen and oxygen atoms in total. The van der Waals surface area contributed by atoms with Crippen LogP contribution in [0.4, 0.5) is 17.6 Å². The molecular formula is C11H10F4O2. The smallest absolute Gasteiger partial charge is 0.261 e. The van der Waals surface area contributed by atoms with Crippen LogP contribution < -0.4 is 0 Å². The molecule has 0 radical (unpaired) electrons. The van der Waals surface area contributed by atoms with Crippen LogP contribution in [0, 0.1) is 11.6 Å². The van der Waals surface area contributed by atoms with E-state index in [0.29, 0.717) is 6.07 Å².